The van der Waals surface area contributed by atoms with E-state index in [2.05, 4.69) is 39.1 Å². The van der Waals surface area contributed by atoms with E-state index >= 15 is 0 Å². The van der Waals surface area contributed by atoms with Gasteiger partial charge in [-0.15, -0.1) is 0 Å². The molecule has 0 spiro atoms. The lowest BCUT2D eigenvalue weighted by molar-refractivity contribution is 0.299. The van der Waals surface area contributed by atoms with Gasteiger partial charge in [0.2, 0.25) is 5.95 Å². The average molecular weight is 353 g/mol. The number of nitrogens with zero attached hydrogens (tertiary/aromatic N) is 7. The van der Waals surface area contributed by atoms with Gasteiger partial charge in [0.25, 0.3) is 0 Å². The van der Waals surface area contributed by atoms with Crippen LogP contribution in [0.5, 0.6) is 0 Å². The van der Waals surface area contributed by atoms with Crippen LogP contribution < -0.4 is 4.90 Å². The van der Waals surface area contributed by atoms with Gasteiger partial charge in [0.15, 0.2) is 0 Å². The zero-order valence-electron chi connectivity index (χ0n) is 15.4. The van der Waals surface area contributed by atoms with Crippen LogP contribution in [0.4, 0.5) is 5.95 Å². The van der Waals surface area contributed by atoms with Gasteiger partial charge < -0.3 is 4.90 Å². The normalized spacial score (nSPS) is 17.2. The second-order valence-electron chi connectivity index (χ2n) is 6.69. The smallest absolute Gasteiger partial charge is 0.226 e. The summed E-state index contributed by atoms with van der Waals surface area (Å²) >= 11 is 0. The molecule has 1 aliphatic rings. The summed E-state index contributed by atoms with van der Waals surface area (Å²) in [6.07, 6.45) is 6.83. The Balaban J connectivity index is 1.67. The molecule has 0 N–H and O–H groups in total. The molecule has 0 radical (unpaired) electrons. The van der Waals surface area contributed by atoms with Gasteiger partial charge in [-0.05, 0) is 39.2 Å². The van der Waals surface area contributed by atoms with Crippen molar-refractivity contribution in [2.75, 3.05) is 11.4 Å². The largest absolute Gasteiger partial charge is 0.332 e. The van der Waals surface area contributed by atoms with Gasteiger partial charge in [-0.2, -0.15) is 5.10 Å². The lowest BCUT2D eigenvalue weighted by Gasteiger charge is -2.23. The van der Waals surface area contributed by atoms with Crippen LogP contribution in [0.1, 0.15) is 49.3 Å². The van der Waals surface area contributed by atoms with Crippen LogP contribution in [0.25, 0.3) is 11.3 Å². The van der Waals surface area contributed by atoms with Gasteiger partial charge in [0.1, 0.15) is 11.4 Å². The van der Waals surface area contributed by atoms with Gasteiger partial charge in [-0.25, -0.2) is 14.6 Å². The molecule has 4 rings (SSSR count). The lowest BCUT2D eigenvalue weighted by atomic mass is 10.1. The van der Waals surface area contributed by atoms with Crippen molar-refractivity contribution in [3.8, 4) is 11.3 Å². The van der Waals surface area contributed by atoms with Crippen molar-refractivity contribution >= 4 is 5.95 Å². The van der Waals surface area contributed by atoms with E-state index < -0.39 is 0 Å². The van der Waals surface area contributed by atoms with Crippen molar-refractivity contribution in [3.05, 3.63) is 35.5 Å². The summed E-state index contributed by atoms with van der Waals surface area (Å²) in [4.78, 5) is 11.5. The van der Waals surface area contributed by atoms with Crippen LogP contribution in [0.3, 0.4) is 0 Å². The highest BCUT2D eigenvalue weighted by Crippen LogP contribution is 2.35. The van der Waals surface area contributed by atoms with E-state index in [1.807, 2.05) is 30.1 Å². The number of hydrogen-bond acceptors (Lipinski definition) is 7. The third kappa shape index (κ3) is 2.85. The van der Waals surface area contributed by atoms with Gasteiger partial charge in [-0.1, -0.05) is 17.2 Å². The van der Waals surface area contributed by atoms with Crippen molar-refractivity contribution in [2.24, 2.45) is 0 Å². The summed E-state index contributed by atoms with van der Waals surface area (Å²) in [7, 11) is 0. The van der Waals surface area contributed by atoms with Crippen LogP contribution in [0, 0.1) is 13.8 Å². The molecule has 3 aromatic heterocycles. The van der Waals surface area contributed by atoms with Gasteiger partial charge in [0, 0.05) is 30.5 Å². The predicted octanol–water partition coefficient (Wildman–Crippen LogP) is 3.09. The Morgan fingerprint density at radius 3 is 2.92 bits per heavy atom. The van der Waals surface area contributed by atoms with Crippen LogP contribution in [-0.4, -0.2) is 36.6 Å². The molecule has 8 nitrogen and oxygen atoms in total. The van der Waals surface area contributed by atoms with E-state index in [0.717, 1.165) is 66.6 Å². The van der Waals surface area contributed by atoms with Gasteiger partial charge >= 0.3 is 0 Å². The first-order valence-corrected chi connectivity index (χ1v) is 9.10. The molecule has 1 aliphatic heterocycles. The van der Waals surface area contributed by atoms with Crippen molar-refractivity contribution in [2.45, 2.75) is 52.6 Å². The molecule has 0 bridgehead atoms. The molecule has 0 saturated carbocycles. The molecule has 0 aromatic carbocycles. The minimum Gasteiger partial charge on any atom is -0.332 e. The zero-order valence-corrected chi connectivity index (χ0v) is 15.4. The number of hydrogen-bond donors (Lipinski definition) is 0. The molecule has 1 unspecified atom stereocenters. The summed E-state index contributed by atoms with van der Waals surface area (Å²) in [6, 6.07) is 2.05. The molecule has 0 aliphatic carbocycles. The second kappa shape index (κ2) is 6.86. The van der Waals surface area contributed by atoms with E-state index in [1.54, 1.807) is 0 Å². The van der Waals surface area contributed by atoms with Crippen LogP contribution in [-0.2, 0) is 6.54 Å². The maximum absolute atomic E-state index is 4.90. The van der Waals surface area contributed by atoms with Crippen molar-refractivity contribution in [1.29, 1.82) is 0 Å². The molecule has 26 heavy (non-hydrogen) atoms. The Morgan fingerprint density at radius 2 is 2.15 bits per heavy atom. The van der Waals surface area contributed by atoms with Crippen LogP contribution in [0.15, 0.2) is 23.1 Å². The monoisotopic (exact) mass is 353 g/mol. The molecule has 3 aromatic rings. The molecular formula is C18H23N7O. The number of aromatic nitrogens is 6. The molecule has 1 atom stereocenters. The van der Waals surface area contributed by atoms with E-state index in [1.165, 1.54) is 0 Å². The van der Waals surface area contributed by atoms with E-state index in [9.17, 15) is 0 Å². The highest BCUT2D eigenvalue weighted by Gasteiger charge is 2.32. The zero-order chi connectivity index (χ0) is 18.1. The van der Waals surface area contributed by atoms with E-state index in [4.69, 9.17) is 9.61 Å². The van der Waals surface area contributed by atoms with E-state index in [0.29, 0.717) is 0 Å². The Bertz CT molecular complexity index is 901. The Morgan fingerprint density at radius 1 is 1.27 bits per heavy atom. The third-order valence-electron chi connectivity index (χ3n) is 4.97. The molecule has 8 heteroatoms. The SMILES string of the molecule is CCCn1ncc(-c2ccnc(N3CCCC3c3nonc3C)n2)c1C. The van der Waals surface area contributed by atoms with Gasteiger partial charge in [-0.3, -0.25) is 4.68 Å². The summed E-state index contributed by atoms with van der Waals surface area (Å²) < 4.78 is 6.93. The Kier molecular flexibility index (Phi) is 4.40. The first-order valence-electron chi connectivity index (χ1n) is 9.10. The molecule has 4 heterocycles. The summed E-state index contributed by atoms with van der Waals surface area (Å²) in [5.41, 5.74) is 4.79. The van der Waals surface area contributed by atoms with Crippen LogP contribution in [0.2, 0.25) is 0 Å². The maximum atomic E-state index is 4.90. The van der Waals surface area contributed by atoms with Crippen LogP contribution >= 0.6 is 0 Å². The molecule has 136 valence electrons. The summed E-state index contributed by atoms with van der Waals surface area (Å²) in [6.45, 7) is 7.97. The molecular weight excluding hydrogens is 330 g/mol. The standard InChI is InChI=1S/C18H23N7O/c1-4-9-25-13(3)14(11-20-25)15-7-8-19-18(21-15)24-10-5-6-16(24)17-12(2)22-26-23-17/h7-8,11,16H,4-6,9-10H2,1-3H3. The van der Waals surface area contributed by atoms with Crippen molar-refractivity contribution in [1.82, 2.24) is 30.1 Å². The van der Waals surface area contributed by atoms with Crippen molar-refractivity contribution in [3.63, 3.8) is 0 Å². The average Bonchev–Trinajstić information content (AvgIpc) is 3.36. The Hall–Kier alpha value is -2.77. The summed E-state index contributed by atoms with van der Waals surface area (Å²) in [5.74, 6) is 0.718. The minimum atomic E-state index is 0.111. The number of aryl methyl sites for hydroxylation is 2. The minimum absolute atomic E-state index is 0.111. The fraction of sp³-hybridized carbons (Fsp3) is 0.500. The number of rotatable bonds is 5. The predicted molar refractivity (Wildman–Crippen MR) is 96.6 cm³/mol. The van der Waals surface area contributed by atoms with E-state index in [-0.39, 0.29) is 6.04 Å². The molecule has 1 saturated heterocycles. The topological polar surface area (TPSA) is 85.8 Å². The lowest BCUT2D eigenvalue weighted by Crippen LogP contribution is -2.25. The fourth-order valence-electron chi connectivity index (χ4n) is 3.60. The Labute approximate surface area is 152 Å². The first-order chi connectivity index (χ1) is 12.7. The fourth-order valence-corrected chi connectivity index (χ4v) is 3.60. The van der Waals surface area contributed by atoms with Crippen molar-refractivity contribution < 1.29 is 4.63 Å². The second-order valence-corrected chi connectivity index (χ2v) is 6.69. The summed E-state index contributed by atoms with van der Waals surface area (Å²) in [5, 5.41) is 12.5. The molecule has 1 fully saturated rings. The highest BCUT2D eigenvalue weighted by atomic mass is 16.6. The maximum Gasteiger partial charge on any atom is 0.226 e. The van der Waals surface area contributed by atoms with Gasteiger partial charge in [0.05, 0.1) is 17.9 Å². The number of anilines is 1. The quantitative estimate of drug-likeness (QED) is 0.696. The highest BCUT2D eigenvalue weighted by molar-refractivity contribution is 5.62. The first kappa shape index (κ1) is 16.7. The molecule has 0 amide bonds. The third-order valence-corrected chi connectivity index (χ3v) is 4.97.